The van der Waals surface area contributed by atoms with Crippen molar-refractivity contribution in [3.63, 3.8) is 0 Å². The number of alkyl halides is 3. The highest BCUT2D eigenvalue weighted by molar-refractivity contribution is 6.06. The fraction of sp³-hybridized carbons (Fsp3) is 0.0870. The summed E-state index contributed by atoms with van der Waals surface area (Å²) >= 11 is 0. The van der Waals surface area contributed by atoms with E-state index < -0.39 is 17.6 Å². The van der Waals surface area contributed by atoms with Crippen molar-refractivity contribution in [3.05, 3.63) is 95.9 Å². The van der Waals surface area contributed by atoms with Gasteiger partial charge in [0.25, 0.3) is 11.8 Å². The summed E-state index contributed by atoms with van der Waals surface area (Å²) in [5, 5.41) is 6.47. The Labute approximate surface area is 180 Å². The second-order valence-corrected chi connectivity index (χ2v) is 6.69. The molecule has 0 bridgehead atoms. The number of carbonyl (C=O) groups is 1. The summed E-state index contributed by atoms with van der Waals surface area (Å²) in [6, 6.07) is 19.9. The van der Waals surface area contributed by atoms with Crippen LogP contribution in [0.3, 0.4) is 0 Å². The summed E-state index contributed by atoms with van der Waals surface area (Å²) < 4.78 is 49.0. The zero-order valence-corrected chi connectivity index (χ0v) is 16.5. The van der Waals surface area contributed by atoms with Crippen molar-refractivity contribution in [2.45, 2.75) is 12.8 Å². The van der Waals surface area contributed by atoms with Crippen LogP contribution in [0.5, 0.6) is 5.75 Å². The molecule has 1 heterocycles. The third-order valence-corrected chi connectivity index (χ3v) is 4.45. The summed E-state index contributed by atoms with van der Waals surface area (Å²) in [6.07, 6.45) is -4.45. The van der Waals surface area contributed by atoms with Crippen LogP contribution in [-0.4, -0.2) is 16.0 Å². The molecular weight excluding hydrogens is 423 g/mol. The Bertz CT molecular complexity index is 1210. The molecule has 0 spiro atoms. The van der Waals surface area contributed by atoms with Gasteiger partial charge < -0.3 is 14.6 Å². The smallest absolute Gasteiger partial charge is 0.416 e. The first kappa shape index (κ1) is 21.1. The predicted octanol–water partition coefficient (Wildman–Crippen LogP) is 5.59. The molecule has 32 heavy (non-hydrogen) atoms. The van der Waals surface area contributed by atoms with E-state index in [-0.39, 0.29) is 29.5 Å². The molecule has 0 aliphatic carbocycles. The zero-order valence-electron chi connectivity index (χ0n) is 16.5. The fourth-order valence-electron chi connectivity index (χ4n) is 2.88. The number of benzene rings is 3. The maximum Gasteiger partial charge on any atom is 0.416 e. The van der Waals surface area contributed by atoms with Gasteiger partial charge in [-0.05, 0) is 36.4 Å². The second kappa shape index (κ2) is 8.93. The second-order valence-electron chi connectivity index (χ2n) is 6.69. The first-order chi connectivity index (χ1) is 15.4. The van der Waals surface area contributed by atoms with Crippen molar-refractivity contribution < 1.29 is 27.2 Å². The number of hydrogen-bond acceptors (Lipinski definition) is 5. The molecule has 162 valence electrons. The van der Waals surface area contributed by atoms with Gasteiger partial charge in [0.1, 0.15) is 5.75 Å². The highest BCUT2D eigenvalue weighted by Crippen LogP contribution is 2.30. The Morgan fingerprint density at radius 2 is 1.62 bits per heavy atom. The highest BCUT2D eigenvalue weighted by Gasteiger charge is 2.30. The molecule has 1 N–H and O–H groups in total. The number of aromatic nitrogens is 2. The number of para-hydroxylation sites is 1. The lowest BCUT2D eigenvalue weighted by Crippen LogP contribution is -2.14. The largest absolute Gasteiger partial charge is 0.483 e. The SMILES string of the molecule is O=C(Nc1ccc(C(F)(F)F)cc1)c1ccccc1OCc1nc(-c2ccccc2)no1. The van der Waals surface area contributed by atoms with Crippen molar-refractivity contribution in [2.24, 2.45) is 0 Å². The highest BCUT2D eigenvalue weighted by atomic mass is 19.4. The Kier molecular flexibility index (Phi) is 5.89. The van der Waals surface area contributed by atoms with Crippen molar-refractivity contribution in [1.29, 1.82) is 0 Å². The van der Waals surface area contributed by atoms with Crippen LogP contribution >= 0.6 is 0 Å². The molecule has 4 rings (SSSR count). The Balaban J connectivity index is 1.44. The number of nitrogens with one attached hydrogen (secondary N) is 1. The number of halogens is 3. The van der Waals surface area contributed by atoms with Crippen molar-refractivity contribution in [2.75, 3.05) is 5.32 Å². The molecule has 0 aliphatic rings. The van der Waals surface area contributed by atoms with E-state index in [1.165, 1.54) is 18.2 Å². The van der Waals surface area contributed by atoms with Gasteiger partial charge in [0.2, 0.25) is 5.82 Å². The van der Waals surface area contributed by atoms with Gasteiger partial charge in [0, 0.05) is 11.3 Å². The van der Waals surface area contributed by atoms with Gasteiger partial charge in [0.05, 0.1) is 11.1 Å². The van der Waals surface area contributed by atoms with Gasteiger partial charge in [-0.2, -0.15) is 18.2 Å². The Morgan fingerprint density at radius 3 is 2.34 bits per heavy atom. The molecule has 9 heteroatoms. The van der Waals surface area contributed by atoms with Gasteiger partial charge in [-0.15, -0.1) is 0 Å². The molecule has 1 aromatic heterocycles. The lowest BCUT2D eigenvalue weighted by Gasteiger charge is -2.11. The van der Waals surface area contributed by atoms with Gasteiger partial charge >= 0.3 is 6.18 Å². The number of amides is 1. The number of ether oxygens (including phenoxy) is 1. The molecule has 0 unspecified atom stereocenters. The summed E-state index contributed by atoms with van der Waals surface area (Å²) in [5.41, 5.74) is 0.421. The lowest BCUT2D eigenvalue weighted by atomic mass is 10.1. The molecule has 0 aliphatic heterocycles. The average molecular weight is 439 g/mol. The van der Waals surface area contributed by atoms with E-state index in [0.717, 1.165) is 17.7 Å². The fourth-order valence-corrected chi connectivity index (χ4v) is 2.88. The van der Waals surface area contributed by atoms with Crippen molar-refractivity contribution in [1.82, 2.24) is 10.1 Å². The van der Waals surface area contributed by atoms with E-state index in [1.54, 1.807) is 18.2 Å². The molecule has 0 saturated carbocycles. The van der Waals surface area contributed by atoms with Gasteiger partial charge in [-0.1, -0.05) is 47.6 Å². The zero-order chi connectivity index (χ0) is 22.6. The van der Waals surface area contributed by atoms with E-state index >= 15 is 0 Å². The van der Waals surface area contributed by atoms with Crippen LogP contribution in [0.1, 0.15) is 21.8 Å². The molecule has 1 amide bonds. The van der Waals surface area contributed by atoms with Crippen LogP contribution in [0.2, 0.25) is 0 Å². The molecule has 0 atom stereocenters. The summed E-state index contributed by atoms with van der Waals surface area (Å²) in [4.78, 5) is 16.9. The topological polar surface area (TPSA) is 77.2 Å². The third kappa shape index (κ3) is 4.94. The van der Waals surface area contributed by atoms with Crippen LogP contribution in [-0.2, 0) is 12.8 Å². The van der Waals surface area contributed by atoms with Crippen LogP contribution in [0.15, 0.2) is 83.4 Å². The molecule has 0 radical (unpaired) electrons. The number of nitrogens with zero attached hydrogens (tertiary/aromatic N) is 2. The molecule has 0 fully saturated rings. The van der Waals surface area contributed by atoms with E-state index in [4.69, 9.17) is 9.26 Å². The monoisotopic (exact) mass is 439 g/mol. The van der Waals surface area contributed by atoms with E-state index in [0.29, 0.717) is 5.82 Å². The molecule has 4 aromatic rings. The van der Waals surface area contributed by atoms with E-state index in [1.807, 2.05) is 30.3 Å². The Hall–Kier alpha value is -4.14. The van der Waals surface area contributed by atoms with Gasteiger partial charge in [-0.25, -0.2) is 0 Å². The maximum absolute atomic E-state index is 12.7. The number of anilines is 1. The number of hydrogen-bond donors (Lipinski definition) is 1. The summed E-state index contributed by atoms with van der Waals surface area (Å²) in [6.45, 7) is -0.0651. The molecule has 6 nitrogen and oxygen atoms in total. The number of rotatable bonds is 6. The summed E-state index contributed by atoms with van der Waals surface area (Å²) in [5.74, 6) is 0.367. The summed E-state index contributed by atoms with van der Waals surface area (Å²) in [7, 11) is 0. The van der Waals surface area contributed by atoms with Crippen LogP contribution < -0.4 is 10.1 Å². The normalized spacial score (nSPS) is 11.2. The quantitative estimate of drug-likeness (QED) is 0.424. The molecule has 3 aromatic carbocycles. The Morgan fingerprint density at radius 1 is 0.938 bits per heavy atom. The van der Waals surface area contributed by atoms with Gasteiger partial charge in [-0.3, -0.25) is 4.79 Å². The van der Waals surface area contributed by atoms with Crippen LogP contribution in [0, 0.1) is 0 Å². The third-order valence-electron chi connectivity index (χ3n) is 4.45. The average Bonchev–Trinajstić information content (AvgIpc) is 3.27. The lowest BCUT2D eigenvalue weighted by molar-refractivity contribution is -0.137. The van der Waals surface area contributed by atoms with Crippen molar-refractivity contribution >= 4 is 11.6 Å². The number of carbonyl (C=O) groups excluding carboxylic acids is 1. The van der Waals surface area contributed by atoms with E-state index in [9.17, 15) is 18.0 Å². The van der Waals surface area contributed by atoms with E-state index in [2.05, 4.69) is 15.5 Å². The first-order valence-corrected chi connectivity index (χ1v) is 9.48. The minimum Gasteiger partial charge on any atom is -0.483 e. The van der Waals surface area contributed by atoms with Gasteiger partial charge in [0.15, 0.2) is 6.61 Å². The molecule has 0 saturated heterocycles. The maximum atomic E-state index is 12.7. The van der Waals surface area contributed by atoms with Crippen LogP contribution in [0.25, 0.3) is 11.4 Å². The minimum absolute atomic E-state index is 0.0651. The molecular formula is C23H16F3N3O3. The van der Waals surface area contributed by atoms with Crippen molar-refractivity contribution in [3.8, 4) is 17.1 Å². The minimum atomic E-state index is -4.45. The standard InChI is InChI=1S/C23H16F3N3O3/c24-23(25,26)16-10-12-17(13-11-16)27-22(30)18-8-4-5-9-19(18)31-14-20-28-21(29-32-20)15-6-2-1-3-7-15/h1-13H,14H2,(H,27,30). The predicted molar refractivity (Wildman–Crippen MR) is 110 cm³/mol. The first-order valence-electron chi connectivity index (χ1n) is 9.48. The van der Waals surface area contributed by atoms with Crippen LogP contribution in [0.4, 0.5) is 18.9 Å².